The number of methoxy groups -OCH3 is 1. The zero-order chi connectivity index (χ0) is 23.1. The molecule has 1 N–H and O–H groups in total. The van der Waals surface area contributed by atoms with Crippen LogP contribution in [0, 0.1) is 5.82 Å². The van der Waals surface area contributed by atoms with Crippen LogP contribution >= 0.6 is 0 Å². The quantitative estimate of drug-likeness (QED) is 0.584. The molecule has 1 atom stereocenters. The van der Waals surface area contributed by atoms with Gasteiger partial charge in [-0.15, -0.1) is 0 Å². The third kappa shape index (κ3) is 3.77. The number of hydrogen-bond acceptors (Lipinski definition) is 6. The number of rotatable bonds is 7. The van der Waals surface area contributed by atoms with E-state index in [9.17, 15) is 14.7 Å². The van der Waals surface area contributed by atoms with E-state index in [1.54, 1.807) is 22.9 Å². The van der Waals surface area contributed by atoms with Crippen LogP contribution in [0.5, 0.6) is 11.6 Å². The molecule has 0 bridgehead atoms. The SMILES string of the molecule is COc1c(N2CCC[C@@H]2COc2ccccn2)c(F)cc2c(=O)c(C(=O)O)cn(C3CC3)c12. The van der Waals surface area contributed by atoms with Crippen LogP contribution in [-0.2, 0) is 0 Å². The molecule has 1 aliphatic carbocycles. The fourth-order valence-electron chi connectivity index (χ4n) is 4.61. The van der Waals surface area contributed by atoms with Gasteiger partial charge in [0.05, 0.1) is 24.1 Å². The number of anilines is 1. The van der Waals surface area contributed by atoms with E-state index in [2.05, 4.69) is 4.98 Å². The molecule has 1 saturated carbocycles. The van der Waals surface area contributed by atoms with Gasteiger partial charge in [0.15, 0.2) is 11.6 Å². The number of carboxylic acids is 1. The minimum absolute atomic E-state index is 0.0142. The summed E-state index contributed by atoms with van der Waals surface area (Å²) in [4.78, 5) is 30.6. The van der Waals surface area contributed by atoms with Gasteiger partial charge in [0, 0.05) is 31.0 Å². The van der Waals surface area contributed by atoms with Crippen molar-refractivity contribution in [3.05, 3.63) is 58.3 Å². The second kappa shape index (κ2) is 8.38. The van der Waals surface area contributed by atoms with E-state index in [1.165, 1.54) is 13.3 Å². The number of aromatic carboxylic acids is 1. The van der Waals surface area contributed by atoms with Crippen molar-refractivity contribution >= 4 is 22.6 Å². The average Bonchev–Trinajstić information content (AvgIpc) is 3.55. The van der Waals surface area contributed by atoms with Crippen molar-refractivity contribution in [2.45, 2.75) is 37.8 Å². The van der Waals surface area contributed by atoms with Crippen LogP contribution in [0.2, 0.25) is 0 Å². The molecule has 2 fully saturated rings. The number of benzene rings is 1. The lowest BCUT2D eigenvalue weighted by Crippen LogP contribution is -2.35. The van der Waals surface area contributed by atoms with Gasteiger partial charge in [-0.1, -0.05) is 6.07 Å². The summed E-state index contributed by atoms with van der Waals surface area (Å²) in [6, 6.07) is 6.51. The number of halogens is 1. The zero-order valence-electron chi connectivity index (χ0n) is 18.2. The summed E-state index contributed by atoms with van der Waals surface area (Å²) in [5, 5.41) is 9.51. The number of aromatic nitrogens is 2. The monoisotopic (exact) mass is 453 g/mol. The van der Waals surface area contributed by atoms with Gasteiger partial charge in [-0.3, -0.25) is 4.79 Å². The highest BCUT2D eigenvalue weighted by Crippen LogP contribution is 2.45. The molecule has 0 radical (unpaired) electrons. The molecule has 3 aromatic rings. The summed E-state index contributed by atoms with van der Waals surface area (Å²) in [7, 11) is 1.44. The number of carbonyl (C=O) groups is 1. The van der Waals surface area contributed by atoms with Gasteiger partial charge >= 0.3 is 5.97 Å². The van der Waals surface area contributed by atoms with Crippen molar-refractivity contribution in [3.8, 4) is 11.6 Å². The zero-order valence-corrected chi connectivity index (χ0v) is 18.2. The van der Waals surface area contributed by atoms with Crippen LogP contribution < -0.4 is 19.8 Å². The summed E-state index contributed by atoms with van der Waals surface area (Å²) in [5.74, 6) is -1.20. The fourth-order valence-corrected chi connectivity index (χ4v) is 4.61. The number of hydrogen-bond donors (Lipinski definition) is 1. The maximum Gasteiger partial charge on any atom is 0.341 e. The molecule has 1 saturated heterocycles. The molecule has 3 heterocycles. The van der Waals surface area contributed by atoms with Gasteiger partial charge in [0.25, 0.3) is 0 Å². The van der Waals surface area contributed by atoms with E-state index in [4.69, 9.17) is 9.47 Å². The molecular weight excluding hydrogens is 429 g/mol. The average molecular weight is 453 g/mol. The van der Waals surface area contributed by atoms with Gasteiger partial charge in [0.1, 0.15) is 17.9 Å². The number of carboxylic acid groups (broad SMARTS) is 1. The summed E-state index contributed by atoms with van der Waals surface area (Å²) in [6.45, 7) is 0.931. The summed E-state index contributed by atoms with van der Waals surface area (Å²) in [6.07, 6.45) is 6.39. The lowest BCUT2D eigenvalue weighted by Gasteiger charge is -2.29. The van der Waals surface area contributed by atoms with Crippen molar-refractivity contribution in [1.29, 1.82) is 0 Å². The highest BCUT2D eigenvalue weighted by atomic mass is 19.1. The van der Waals surface area contributed by atoms with Gasteiger partial charge < -0.3 is 24.0 Å². The van der Waals surface area contributed by atoms with Gasteiger partial charge in [-0.2, -0.15) is 0 Å². The van der Waals surface area contributed by atoms with Crippen LogP contribution in [0.1, 0.15) is 42.1 Å². The first-order valence-corrected chi connectivity index (χ1v) is 11.0. The van der Waals surface area contributed by atoms with Crippen molar-refractivity contribution in [1.82, 2.24) is 9.55 Å². The maximum atomic E-state index is 15.5. The van der Waals surface area contributed by atoms with Gasteiger partial charge in [-0.25, -0.2) is 14.2 Å². The Hall–Kier alpha value is -3.62. The third-order valence-corrected chi connectivity index (χ3v) is 6.30. The summed E-state index contributed by atoms with van der Waals surface area (Å²) in [5.41, 5.74) is -0.377. The highest BCUT2D eigenvalue weighted by Gasteiger charge is 2.34. The van der Waals surface area contributed by atoms with E-state index in [0.29, 0.717) is 24.5 Å². The molecule has 9 heteroatoms. The smallest absolute Gasteiger partial charge is 0.341 e. The maximum absolute atomic E-state index is 15.5. The van der Waals surface area contributed by atoms with Crippen LogP contribution in [-0.4, -0.2) is 46.9 Å². The molecule has 1 aliphatic heterocycles. The normalized spacial score (nSPS) is 18.0. The lowest BCUT2D eigenvalue weighted by molar-refractivity contribution is 0.0694. The predicted molar refractivity (Wildman–Crippen MR) is 120 cm³/mol. The molecule has 2 aromatic heterocycles. The second-order valence-electron chi connectivity index (χ2n) is 8.42. The van der Waals surface area contributed by atoms with E-state index < -0.39 is 17.2 Å². The first-order valence-electron chi connectivity index (χ1n) is 11.0. The molecule has 0 unspecified atom stereocenters. The second-order valence-corrected chi connectivity index (χ2v) is 8.42. The first kappa shape index (κ1) is 21.2. The van der Waals surface area contributed by atoms with E-state index in [1.807, 2.05) is 11.0 Å². The van der Waals surface area contributed by atoms with Crippen molar-refractivity contribution in [2.24, 2.45) is 0 Å². The Morgan fingerprint density at radius 1 is 1.30 bits per heavy atom. The number of ether oxygens (including phenoxy) is 2. The van der Waals surface area contributed by atoms with Crippen molar-refractivity contribution in [3.63, 3.8) is 0 Å². The first-order chi connectivity index (χ1) is 16.0. The van der Waals surface area contributed by atoms with E-state index in [-0.39, 0.29) is 34.5 Å². The minimum atomic E-state index is -1.33. The minimum Gasteiger partial charge on any atom is -0.492 e. The highest BCUT2D eigenvalue weighted by molar-refractivity contribution is 5.97. The van der Waals surface area contributed by atoms with Crippen molar-refractivity contribution < 1.29 is 23.8 Å². The Morgan fingerprint density at radius 3 is 2.79 bits per heavy atom. The van der Waals surface area contributed by atoms with Gasteiger partial charge in [0.2, 0.25) is 11.3 Å². The Balaban J connectivity index is 1.61. The van der Waals surface area contributed by atoms with Gasteiger partial charge in [-0.05, 0) is 37.8 Å². The molecule has 2 aliphatic rings. The molecule has 5 rings (SSSR count). The molecule has 0 amide bonds. The Labute approximate surface area is 189 Å². The lowest BCUT2D eigenvalue weighted by atomic mass is 10.1. The molecule has 1 aromatic carbocycles. The van der Waals surface area contributed by atoms with E-state index in [0.717, 1.165) is 31.7 Å². The Kier molecular flexibility index (Phi) is 5.39. The van der Waals surface area contributed by atoms with Crippen LogP contribution in [0.15, 0.2) is 41.5 Å². The largest absolute Gasteiger partial charge is 0.492 e. The van der Waals surface area contributed by atoms with Crippen LogP contribution in [0.4, 0.5) is 10.1 Å². The third-order valence-electron chi connectivity index (χ3n) is 6.30. The predicted octanol–water partition coefficient (Wildman–Crippen LogP) is 3.63. The van der Waals surface area contributed by atoms with Crippen molar-refractivity contribution in [2.75, 3.05) is 25.2 Å². The van der Waals surface area contributed by atoms with E-state index >= 15 is 4.39 Å². The van der Waals surface area contributed by atoms with Crippen LogP contribution in [0.3, 0.4) is 0 Å². The topological polar surface area (TPSA) is 93.9 Å². The Bertz CT molecular complexity index is 1270. The number of fused-ring (bicyclic) bond motifs is 1. The molecular formula is C24H24FN3O5. The number of nitrogens with zero attached hydrogens (tertiary/aromatic N) is 3. The molecule has 172 valence electrons. The molecule has 0 spiro atoms. The molecule has 8 nitrogen and oxygen atoms in total. The fraction of sp³-hybridized carbons (Fsp3) is 0.375. The molecule has 33 heavy (non-hydrogen) atoms. The standard InChI is InChI=1S/C24H24FN3O5/c1-32-23-20-16(22(29)17(24(30)31)12-28(20)14-7-8-14)11-18(25)21(23)27-10-4-5-15(27)13-33-19-6-2-3-9-26-19/h2-3,6,9,11-12,14-15H,4-5,7-8,10,13H2,1H3,(H,30,31)/t15-/m1/s1. The summed E-state index contributed by atoms with van der Waals surface area (Å²) < 4.78 is 28.8. The number of pyridine rings is 2. The Morgan fingerprint density at radius 2 is 2.12 bits per heavy atom. The summed E-state index contributed by atoms with van der Waals surface area (Å²) >= 11 is 0. The van der Waals surface area contributed by atoms with Crippen LogP contribution in [0.25, 0.3) is 10.9 Å².